The molecular formula is C12H25Cl3N4S. The number of likely N-dealkylation sites (N-methyl/N-ethyl adjacent to an activating group) is 1. The SMILES string of the molecule is Cc1ncc(CN(C)CCN2CCNCC2)s1.Cl.Cl.Cl. The molecular weight excluding hydrogens is 339 g/mol. The van der Waals surface area contributed by atoms with Crippen LogP contribution in [0.1, 0.15) is 9.88 Å². The monoisotopic (exact) mass is 362 g/mol. The van der Waals surface area contributed by atoms with Crippen LogP contribution in [0.2, 0.25) is 0 Å². The minimum absolute atomic E-state index is 0. The molecule has 0 atom stereocenters. The molecule has 1 N–H and O–H groups in total. The largest absolute Gasteiger partial charge is 0.314 e. The molecule has 0 aliphatic carbocycles. The van der Waals surface area contributed by atoms with Crippen LogP contribution < -0.4 is 5.32 Å². The van der Waals surface area contributed by atoms with E-state index in [1.807, 2.05) is 6.20 Å². The summed E-state index contributed by atoms with van der Waals surface area (Å²) in [4.78, 5) is 10.6. The van der Waals surface area contributed by atoms with Gasteiger partial charge < -0.3 is 5.32 Å². The summed E-state index contributed by atoms with van der Waals surface area (Å²) in [5, 5.41) is 4.55. The fraction of sp³-hybridized carbons (Fsp3) is 0.750. The highest BCUT2D eigenvalue weighted by molar-refractivity contribution is 7.11. The number of nitrogens with one attached hydrogen (secondary N) is 1. The lowest BCUT2D eigenvalue weighted by atomic mass is 10.3. The van der Waals surface area contributed by atoms with Crippen molar-refractivity contribution in [3.05, 3.63) is 16.1 Å². The van der Waals surface area contributed by atoms with Gasteiger partial charge in [0.1, 0.15) is 0 Å². The van der Waals surface area contributed by atoms with Crippen molar-refractivity contribution in [3.8, 4) is 0 Å². The second-order valence-corrected chi connectivity index (χ2v) is 5.99. The first-order chi connectivity index (χ1) is 8.24. The summed E-state index contributed by atoms with van der Waals surface area (Å²) in [6.45, 7) is 10.1. The van der Waals surface area contributed by atoms with Crippen molar-refractivity contribution >= 4 is 48.6 Å². The summed E-state index contributed by atoms with van der Waals surface area (Å²) in [6.07, 6.45) is 2.00. The van der Waals surface area contributed by atoms with Gasteiger partial charge in [-0.25, -0.2) is 4.98 Å². The molecule has 0 aromatic carbocycles. The smallest absolute Gasteiger partial charge is 0.0897 e. The molecule has 1 aromatic heterocycles. The van der Waals surface area contributed by atoms with Gasteiger partial charge >= 0.3 is 0 Å². The molecule has 4 nitrogen and oxygen atoms in total. The molecule has 2 rings (SSSR count). The van der Waals surface area contributed by atoms with Gasteiger partial charge in [-0.15, -0.1) is 48.6 Å². The number of halogens is 3. The maximum absolute atomic E-state index is 4.29. The van der Waals surface area contributed by atoms with Crippen molar-refractivity contribution in [2.24, 2.45) is 0 Å². The predicted molar refractivity (Wildman–Crippen MR) is 94.2 cm³/mol. The molecule has 0 saturated carbocycles. The van der Waals surface area contributed by atoms with E-state index in [1.165, 1.54) is 24.5 Å². The molecule has 2 heterocycles. The molecule has 1 aliphatic heterocycles. The summed E-state index contributed by atoms with van der Waals surface area (Å²) >= 11 is 1.80. The zero-order chi connectivity index (χ0) is 12.1. The van der Waals surface area contributed by atoms with Crippen molar-refractivity contribution in [3.63, 3.8) is 0 Å². The highest BCUT2D eigenvalue weighted by atomic mass is 35.5. The normalized spacial score (nSPS) is 15.2. The fourth-order valence-corrected chi connectivity index (χ4v) is 2.95. The van der Waals surface area contributed by atoms with Gasteiger partial charge in [-0.2, -0.15) is 0 Å². The van der Waals surface area contributed by atoms with Crippen LogP contribution in [0, 0.1) is 6.92 Å². The second kappa shape index (κ2) is 12.0. The van der Waals surface area contributed by atoms with Crippen molar-refractivity contribution < 1.29 is 0 Å². The number of aryl methyl sites for hydroxylation is 1. The van der Waals surface area contributed by atoms with E-state index in [1.54, 1.807) is 11.3 Å². The van der Waals surface area contributed by atoms with E-state index in [2.05, 4.69) is 34.1 Å². The van der Waals surface area contributed by atoms with Gasteiger partial charge in [-0.1, -0.05) is 0 Å². The topological polar surface area (TPSA) is 31.4 Å². The van der Waals surface area contributed by atoms with E-state index >= 15 is 0 Å². The maximum atomic E-state index is 4.29. The molecule has 1 fully saturated rings. The van der Waals surface area contributed by atoms with Gasteiger partial charge in [0.05, 0.1) is 5.01 Å². The Hall–Kier alpha value is 0.380. The predicted octanol–water partition coefficient (Wildman–Crippen LogP) is 2.05. The number of piperazine rings is 1. The molecule has 0 unspecified atom stereocenters. The molecule has 0 radical (unpaired) electrons. The number of hydrogen-bond donors (Lipinski definition) is 1. The minimum Gasteiger partial charge on any atom is -0.314 e. The highest BCUT2D eigenvalue weighted by Gasteiger charge is 2.10. The van der Waals surface area contributed by atoms with Crippen LogP contribution in [0.5, 0.6) is 0 Å². The van der Waals surface area contributed by atoms with Crippen LogP contribution in [0.4, 0.5) is 0 Å². The van der Waals surface area contributed by atoms with E-state index in [-0.39, 0.29) is 37.2 Å². The Morgan fingerprint density at radius 2 is 1.95 bits per heavy atom. The molecule has 0 amide bonds. The van der Waals surface area contributed by atoms with Crippen molar-refractivity contribution in [2.45, 2.75) is 13.5 Å². The van der Waals surface area contributed by atoms with E-state index in [0.29, 0.717) is 0 Å². The zero-order valence-electron chi connectivity index (χ0n) is 12.0. The van der Waals surface area contributed by atoms with E-state index < -0.39 is 0 Å². The molecule has 1 aliphatic rings. The first-order valence-corrected chi connectivity index (χ1v) is 7.08. The van der Waals surface area contributed by atoms with Crippen LogP contribution in [0.15, 0.2) is 6.20 Å². The average Bonchev–Trinajstić information content (AvgIpc) is 2.73. The van der Waals surface area contributed by atoms with E-state index in [9.17, 15) is 0 Å². The zero-order valence-corrected chi connectivity index (χ0v) is 15.3. The first kappa shape index (κ1) is 22.7. The Morgan fingerprint density at radius 1 is 1.30 bits per heavy atom. The minimum atomic E-state index is 0. The molecule has 0 spiro atoms. The van der Waals surface area contributed by atoms with Gasteiger partial charge in [0.15, 0.2) is 0 Å². The van der Waals surface area contributed by atoms with Gasteiger partial charge in [-0.3, -0.25) is 9.80 Å². The lowest BCUT2D eigenvalue weighted by Gasteiger charge is -2.28. The molecule has 20 heavy (non-hydrogen) atoms. The number of aromatic nitrogens is 1. The van der Waals surface area contributed by atoms with Gasteiger partial charge in [0.25, 0.3) is 0 Å². The fourth-order valence-electron chi connectivity index (χ4n) is 2.07. The second-order valence-electron chi connectivity index (χ2n) is 4.68. The molecule has 8 heteroatoms. The maximum Gasteiger partial charge on any atom is 0.0897 e. The van der Waals surface area contributed by atoms with Gasteiger partial charge in [0, 0.05) is 56.9 Å². The molecule has 1 saturated heterocycles. The van der Waals surface area contributed by atoms with Crippen molar-refractivity contribution in [1.29, 1.82) is 0 Å². The van der Waals surface area contributed by atoms with E-state index in [0.717, 1.165) is 31.2 Å². The highest BCUT2D eigenvalue weighted by Crippen LogP contribution is 2.13. The Morgan fingerprint density at radius 3 is 2.50 bits per heavy atom. The van der Waals surface area contributed by atoms with Crippen LogP contribution in [-0.4, -0.2) is 61.1 Å². The van der Waals surface area contributed by atoms with Crippen LogP contribution >= 0.6 is 48.6 Å². The standard InChI is InChI=1S/C12H22N4S.3ClH/c1-11-14-9-12(17-11)10-15(2)7-8-16-5-3-13-4-6-16;;;/h9,13H,3-8,10H2,1-2H3;3*1H. The molecule has 0 bridgehead atoms. The van der Waals surface area contributed by atoms with Gasteiger partial charge in [0.2, 0.25) is 0 Å². The van der Waals surface area contributed by atoms with Crippen molar-refractivity contribution in [1.82, 2.24) is 20.1 Å². The summed E-state index contributed by atoms with van der Waals surface area (Å²) in [7, 11) is 2.19. The first-order valence-electron chi connectivity index (χ1n) is 6.27. The molecule has 120 valence electrons. The van der Waals surface area contributed by atoms with Crippen LogP contribution in [0.25, 0.3) is 0 Å². The third-order valence-corrected chi connectivity index (χ3v) is 4.00. The third-order valence-electron chi connectivity index (χ3n) is 3.10. The lowest BCUT2D eigenvalue weighted by Crippen LogP contribution is -2.45. The summed E-state index contributed by atoms with van der Waals surface area (Å²) in [6, 6.07) is 0. The van der Waals surface area contributed by atoms with Gasteiger partial charge in [-0.05, 0) is 14.0 Å². The van der Waals surface area contributed by atoms with E-state index in [4.69, 9.17) is 0 Å². The Bertz CT molecular complexity index is 345. The summed E-state index contributed by atoms with van der Waals surface area (Å²) < 4.78 is 0. The van der Waals surface area contributed by atoms with Crippen LogP contribution in [-0.2, 0) is 6.54 Å². The quantitative estimate of drug-likeness (QED) is 0.867. The number of nitrogens with zero attached hydrogens (tertiary/aromatic N) is 3. The Labute approximate surface area is 144 Å². The van der Waals surface area contributed by atoms with Crippen LogP contribution in [0.3, 0.4) is 0 Å². The van der Waals surface area contributed by atoms with Crippen molar-refractivity contribution in [2.75, 3.05) is 46.3 Å². The Balaban J connectivity index is 0. The summed E-state index contributed by atoms with van der Waals surface area (Å²) in [5.41, 5.74) is 0. The Kier molecular flexibility index (Phi) is 13.6. The number of thiazole rings is 1. The number of hydrogen-bond acceptors (Lipinski definition) is 5. The number of rotatable bonds is 5. The summed E-state index contributed by atoms with van der Waals surface area (Å²) in [5.74, 6) is 0. The third kappa shape index (κ3) is 7.98. The lowest BCUT2D eigenvalue weighted by molar-refractivity contribution is 0.203. The average molecular weight is 364 g/mol. The molecule has 1 aromatic rings.